The molecule has 144 valence electrons. The van der Waals surface area contributed by atoms with Gasteiger partial charge in [-0.1, -0.05) is 6.07 Å². The highest BCUT2D eigenvalue weighted by Crippen LogP contribution is 2.29. The number of nitrogens with one attached hydrogen (secondary N) is 2. The van der Waals surface area contributed by atoms with Gasteiger partial charge in [-0.2, -0.15) is 13.2 Å². The van der Waals surface area contributed by atoms with Crippen LogP contribution in [0.1, 0.15) is 22.8 Å². The first kappa shape index (κ1) is 20.2. The SMILES string of the molecule is CCOC(=NCC[NH+]1CCOCC1)NC(=O)c1cccc(C(F)(F)F)c1. The van der Waals surface area contributed by atoms with E-state index in [1.807, 2.05) is 0 Å². The summed E-state index contributed by atoms with van der Waals surface area (Å²) in [6, 6.07) is 4.24. The van der Waals surface area contributed by atoms with Gasteiger partial charge in [0.25, 0.3) is 11.9 Å². The number of morpholine rings is 1. The van der Waals surface area contributed by atoms with E-state index >= 15 is 0 Å². The van der Waals surface area contributed by atoms with Gasteiger partial charge >= 0.3 is 6.18 Å². The van der Waals surface area contributed by atoms with Crippen molar-refractivity contribution in [2.45, 2.75) is 13.1 Å². The predicted octanol–water partition coefficient (Wildman–Crippen LogP) is 0.743. The summed E-state index contributed by atoms with van der Waals surface area (Å²) < 4.78 is 48.9. The summed E-state index contributed by atoms with van der Waals surface area (Å²) in [5.74, 6) is -0.693. The second-order valence-corrected chi connectivity index (χ2v) is 5.76. The average molecular weight is 374 g/mol. The van der Waals surface area contributed by atoms with E-state index in [2.05, 4.69) is 10.3 Å². The zero-order chi connectivity index (χ0) is 19.0. The van der Waals surface area contributed by atoms with E-state index < -0.39 is 17.6 Å². The first-order valence-corrected chi connectivity index (χ1v) is 8.47. The van der Waals surface area contributed by atoms with Crippen LogP contribution in [0.15, 0.2) is 29.3 Å². The number of carbonyl (C=O) groups excluding carboxylic acids is 1. The first-order chi connectivity index (χ1) is 12.4. The van der Waals surface area contributed by atoms with Crippen molar-refractivity contribution in [2.75, 3.05) is 46.0 Å². The molecule has 2 rings (SSSR count). The molecule has 1 aromatic carbocycles. The third-order valence-corrected chi connectivity index (χ3v) is 3.87. The lowest BCUT2D eigenvalue weighted by Gasteiger charge is -2.23. The van der Waals surface area contributed by atoms with Crippen molar-refractivity contribution in [1.82, 2.24) is 5.32 Å². The number of aliphatic imine (C=N–C) groups is 1. The van der Waals surface area contributed by atoms with E-state index in [0.717, 1.165) is 31.8 Å². The largest absolute Gasteiger partial charge is 0.465 e. The molecule has 1 fully saturated rings. The normalized spacial score (nSPS) is 16.4. The monoisotopic (exact) mass is 374 g/mol. The summed E-state index contributed by atoms with van der Waals surface area (Å²) in [5, 5.41) is 2.44. The smallest absolute Gasteiger partial charge is 0.416 e. The molecule has 1 aliphatic heterocycles. The summed E-state index contributed by atoms with van der Waals surface area (Å²) >= 11 is 0. The first-order valence-electron chi connectivity index (χ1n) is 8.47. The number of halogens is 3. The maximum absolute atomic E-state index is 12.8. The fraction of sp³-hybridized carbons (Fsp3) is 0.529. The van der Waals surface area contributed by atoms with Crippen LogP contribution in [0.25, 0.3) is 0 Å². The second kappa shape index (κ2) is 9.54. The molecule has 6 nitrogen and oxygen atoms in total. The van der Waals surface area contributed by atoms with Gasteiger partial charge in [0.1, 0.15) is 13.1 Å². The van der Waals surface area contributed by atoms with Crippen LogP contribution in [0.2, 0.25) is 0 Å². The molecule has 26 heavy (non-hydrogen) atoms. The molecule has 0 saturated carbocycles. The van der Waals surface area contributed by atoms with Crippen LogP contribution in [0.5, 0.6) is 0 Å². The van der Waals surface area contributed by atoms with Gasteiger partial charge in [0.2, 0.25) is 0 Å². The van der Waals surface area contributed by atoms with Crippen LogP contribution in [0.4, 0.5) is 13.2 Å². The summed E-state index contributed by atoms with van der Waals surface area (Å²) in [4.78, 5) is 17.8. The van der Waals surface area contributed by atoms with Crippen LogP contribution in [-0.2, 0) is 15.7 Å². The Bertz CT molecular complexity index is 629. The van der Waals surface area contributed by atoms with E-state index in [0.29, 0.717) is 19.8 Å². The molecule has 0 aliphatic carbocycles. The lowest BCUT2D eigenvalue weighted by molar-refractivity contribution is -0.906. The number of hydrogen-bond donors (Lipinski definition) is 2. The molecule has 1 amide bonds. The van der Waals surface area contributed by atoms with Crippen LogP contribution in [0, 0.1) is 0 Å². The fourth-order valence-electron chi connectivity index (χ4n) is 2.49. The summed E-state index contributed by atoms with van der Waals surface area (Å²) in [5.41, 5.74) is -0.984. The van der Waals surface area contributed by atoms with E-state index in [1.165, 1.54) is 17.0 Å². The fourth-order valence-corrected chi connectivity index (χ4v) is 2.49. The Morgan fingerprint density at radius 3 is 2.73 bits per heavy atom. The Balaban J connectivity index is 1.97. The molecule has 0 unspecified atom stereocenters. The molecule has 0 spiro atoms. The molecule has 9 heteroatoms. The van der Waals surface area contributed by atoms with Gasteiger partial charge in [0.05, 0.1) is 38.5 Å². The number of carbonyl (C=O) groups is 1. The lowest BCUT2D eigenvalue weighted by atomic mass is 10.1. The molecular formula is C17H23F3N3O3+. The molecule has 1 aliphatic rings. The van der Waals surface area contributed by atoms with E-state index in [9.17, 15) is 18.0 Å². The molecule has 1 aromatic rings. The van der Waals surface area contributed by atoms with Crippen molar-refractivity contribution in [2.24, 2.45) is 4.99 Å². The van der Waals surface area contributed by atoms with Gasteiger partial charge < -0.3 is 14.4 Å². The number of quaternary nitrogens is 1. The minimum atomic E-state index is -4.51. The average Bonchev–Trinajstić information content (AvgIpc) is 2.62. The Hall–Kier alpha value is -2.13. The van der Waals surface area contributed by atoms with Crippen LogP contribution in [0.3, 0.4) is 0 Å². The number of benzene rings is 1. The minimum Gasteiger partial charge on any atom is -0.465 e. The molecule has 1 saturated heterocycles. The maximum Gasteiger partial charge on any atom is 0.416 e. The van der Waals surface area contributed by atoms with E-state index in [1.54, 1.807) is 6.92 Å². The zero-order valence-corrected chi connectivity index (χ0v) is 14.6. The quantitative estimate of drug-likeness (QED) is 0.590. The molecule has 1 heterocycles. The summed E-state index contributed by atoms with van der Waals surface area (Å²) in [7, 11) is 0. The molecule has 0 aromatic heterocycles. The highest BCUT2D eigenvalue weighted by molar-refractivity contribution is 6.04. The molecule has 2 N–H and O–H groups in total. The second-order valence-electron chi connectivity index (χ2n) is 5.76. The third kappa shape index (κ3) is 6.30. The molecule has 0 atom stereocenters. The number of amides is 1. The third-order valence-electron chi connectivity index (χ3n) is 3.87. The predicted molar refractivity (Wildman–Crippen MR) is 89.2 cm³/mol. The highest BCUT2D eigenvalue weighted by atomic mass is 19.4. The van der Waals surface area contributed by atoms with Crippen molar-refractivity contribution in [3.8, 4) is 0 Å². The Labute approximate surface area is 150 Å². The van der Waals surface area contributed by atoms with Crippen LogP contribution in [-0.4, -0.2) is 57.9 Å². The van der Waals surface area contributed by atoms with Gasteiger partial charge in [0.15, 0.2) is 0 Å². The number of nitrogens with zero attached hydrogens (tertiary/aromatic N) is 1. The van der Waals surface area contributed by atoms with Crippen LogP contribution < -0.4 is 10.2 Å². The lowest BCUT2D eigenvalue weighted by Crippen LogP contribution is -3.14. The van der Waals surface area contributed by atoms with Crippen molar-refractivity contribution in [1.29, 1.82) is 0 Å². The zero-order valence-electron chi connectivity index (χ0n) is 14.6. The van der Waals surface area contributed by atoms with Crippen molar-refractivity contribution < 1.29 is 32.3 Å². The highest BCUT2D eigenvalue weighted by Gasteiger charge is 2.31. The number of ether oxygens (including phenoxy) is 2. The Kier molecular flexibility index (Phi) is 7.40. The maximum atomic E-state index is 12.8. The van der Waals surface area contributed by atoms with Crippen molar-refractivity contribution >= 4 is 11.9 Å². The summed E-state index contributed by atoms with van der Waals surface area (Å²) in [6.45, 7) is 6.44. The summed E-state index contributed by atoms with van der Waals surface area (Å²) in [6.07, 6.45) is -4.51. The molecule has 0 bridgehead atoms. The molecular weight excluding hydrogens is 351 g/mol. The van der Waals surface area contributed by atoms with Gasteiger partial charge in [-0.05, 0) is 25.1 Å². The van der Waals surface area contributed by atoms with Gasteiger partial charge in [-0.3, -0.25) is 10.1 Å². The van der Waals surface area contributed by atoms with E-state index in [-0.39, 0.29) is 18.2 Å². The minimum absolute atomic E-state index is 0.0163. The van der Waals surface area contributed by atoms with Crippen LogP contribution >= 0.6 is 0 Å². The Morgan fingerprint density at radius 2 is 2.08 bits per heavy atom. The van der Waals surface area contributed by atoms with Gasteiger partial charge in [0, 0.05) is 5.56 Å². The Morgan fingerprint density at radius 1 is 1.35 bits per heavy atom. The molecule has 0 radical (unpaired) electrons. The number of amidine groups is 1. The van der Waals surface area contributed by atoms with Gasteiger partial charge in [-0.15, -0.1) is 0 Å². The van der Waals surface area contributed by atoms with Gasteiger partial charge in [-0.25, -0.2) is 4.99 Å². The van der Waals surface area contributed by atoms with Crippen molar-refractivity contribution in [3.05, 3.63) is 35.4 Å². The number of alkyl halides is 3. The topological polar surface area (TPSA) is 64.4 Å². The number of rotatable bonds is 5. The standard InChI is InChI=1S/C17H22F3N3O3/c1-2-26-16(21-6-7-23-8-10-25-11-9-23)22-15(24)13-4-3-5-14(12-13)17(18,19)20/h3-5,12H,2,6-11H2,1H3,(H,21,22,24)/p+1. The van der Waals surface area contributed by atoms with Crippen molar-refractivity contribution in [3.63, 3.8) is 0 Å². The number of hydrogen-bond acceptors (Lipinski definition) is 4. The van der Waals surface area contributed by atoms with E-state index in [4.69, 9.17) is 9.47 Å².